The van der Waals surface area contributed by atoms with Gasteiger partial charge >= 0.3 is 0 Å². The number of methoxy groups -OCH3 is 2. The topological polar surface area (TPSA) is 75.5 Å². The quantitative estimate of drug-likeness (QED) is 0.547. The van der Waals surface area contributed by atoms with E-state index in [2.05, 4.69) is 38.6 Å². The Bertz CT molecular complexity index is 1110. The van der Waals surface area contributed by atoms with E-state index in [4.69, 9.17) is 9.47 Å². The Kier molecular flexibility index (Phi) is 6.15. The molecule has 4 rings (SSSR count). The molecule has 0 fully saturated rings. The van der Waals surface area contributed by atoms with Crippen LogP contribution in [0.3, 0.4) is 0 Å². The number of anilines is 1. The van der Waals surface area contributed by atoms with Crippen molar-refractivity contribution < 1.29 is 14.3 Å². The van der Waals surface area contributed by atoms with E-state index in [-0.39, 0.29) is 9.99 Å². The SMILES string of the molecule is CN=C(c1ccc(OC)c(OC)c1)N1CCCc2cc(C3=NNC(=O)SC3(C)C)ccc21. The maximum absolute atomic E-state index is 11.8. The summed E-state index contributed by atoms with van der Waals surface area (Å²) in [6.07, 6.45) is 2.00. The fourth-order valence-electron chi connectivity index (χ4n) is 4.30. The van der Waals surface area contributed by atoms with Crippen molar-refractivity contribution in [2.24, 2.45) is 10.1 Å². The average molecular weight is 453 g/mol. The maximum atomic E-state index is 11.8. The highest BCUT2D eigenvalue weighted by Gasteiger charge is 2.34. The fraction of sp³-hybridized carbons (Fsp3) is 0.375. The number of carbonyl (C=O) groups excluding carboxylic acids is 1. The second kappa shape index (κ2) is 8.86. The first-order valence-electron chi connectivity index (χ1n) is 10.5. The number of hydrogen-bond donors (Lipinski definition) is 1. The molecule has 0 aliphatic carbocycles. The average Bonchev–Trinajstić information content (AvgIpc) is 2.78. The van der Waals surface area contributed by atoms with Crippen molar-refractivity contribution in [1.82, 2.24) is 5.43 Å². The van der Waals surface area contributed by atoms with Crippen LogP contribution in [0.25, 0.3) is 0 Å². The van der Waals surface area contributed by atoms with Gasteiger partial charge in [0.25, 0.3) is 5.24 Å². The molecule has 0 radical (unpaired) electrons. The number of aliphatic imine (C=N–C) groups is 1. The predicted octanol–water partition coefficient (Wildman–Crippen LogP) is 4.47. The number of fused-ring (bicyclic) bond motifs is 1. The number of rotatable bonds is 4. The summed E-state index contributed by atoms with van der Waals surface area (Å²) in [5, 5.41) is 4.25. The minimum Gasteiger partial charge on any atom is -0.493 e. The number of carbonyl (C=O) groups is 1. The van der Waals surface area contributed by atoms with Crippen molar-refractivity contribution in [2.45, 2.75) is 31.4 Å². The number of thioether (sulfide) groups is 1. The lowest BCUT2D eigenvalue weighted by molar-refractivity contribution is 0.260. The zero-order valence-corrected chi connectivity index (χ0v) is 19.9. The second-order valence-electron chi connectivity index (χ2n) is 8.19. The number of nitrogens with one attached hydrogen (secondary N) is 1. The summed E-state index contributed by atoms with van der Waals surface area (Å²) in [6, 6.07) is 12.3. The van der Waals surface area contributed by atoms with Gasteiger partial charge in [0.1, 0.15) is 5.84 Å². The van der Waals surface area contributed by atoms with Crippen molar-refractivity contribution in [1.29, 1.82) is 0 Å². The highest BCUT2D eigenvalue weighted by atomic mass is 32.2. The third-order valence-electron chi connectivity index (χ3n) is 5.76. The zero-order chi connectivity index (χ0) is 22.9. The highest BCUT2D eigenvalue weighted by molar-refractivity contribution is 8.15. The van der Waals surface area contributed by atoms with Crippen LogP contribution in [0.15, 0.2) is 46.5 Å². The normalized spacial score (nSPS) is 17.9. The Labute approximate surface area is 192 Å². The number of amides is 1. The Hall–Kier alpha value is -3.00. The molecule has 2 aliphatic heterocycles. The second-order valence-corrected chi connectivity index (χ2v) is 9.78. The van der Waals surface area contributed by atoms with Crippen LogP contribution < -0.4 is 19.8 Å². The zero-order valence-electron chi connectivity index (χ0n) is 19.1. The van der Waals surface area contributed by atoms with Crippen molar-refractivity contribution in [3.63, 3.8) is 0 Å². The van der Waals surface area contributed by atoms with Gasteiger partial charge in [-0.25, -0.2) is 5.43 Å². The number of hydrazone groups is 1. The van der Waals surface area contributed by atoms with Gasteiger partial charge in [0.15, 0.2) is 11.5 Å². The van der Waals surface area contributed by atoms with E-state index in [1.807, 2.05) is 39.1 Å². The van der Waals surface area contributed by atoms with E-state index in [0.29, 0.717) is 11.5 Å². The fourth-order valence-corrected chi connectivity index (χ4v) is 5.11. The molecule has 2 aromatic carbocycles. The van der Waals surface area contributed by atoms with Gasteiger partial charge in [-0.05, 0) is 68.1 Å². The van der Waals surface area contributed by atoms with E-state index in [1.165, 1.54) is 17.3 Å². The maximum Gasteiger partial charge on any atom is 0.300 e. The van der Waals surface area contributed by atoms with Crippen LogP contribution in [-0.2, 0) is 6.42 Å². The highest BCUT2D eigenvalue weighted by Crippen LogP contribution is 2.36. The van der Waals surface area contributed by atoms with Crippen molar-refractivity contribution in [2.75, 3.05) is 32.7 Å². The van der Waals surface area contributed by atoms with E-state index in [9.17, 15) is 4.79 Å². The minimum atomic E-state index is -0.388. The van der Waals surface area contributed by atoms with Crippen LogP contribution >= 0.6 is 11.8 Å². The van der Waals surface area contributed by atoms with Crippen LogP contribution in [0.2, 0.25) is 0 Å². The molecule has 1 N–H and O–H groups in total. The number of nitrogens with zero attached hydrogens (tertiary/aromatic N) is 3. The number of benzene rings is 2. The molecular weight excluding hydrogens is 424 g/mol. The van der Waals surface area contributed by atoms with Crippen LogP contribution in [0.5, 0.6) is 11.5 Å². The molecular formula is C24H28N4O3S. The molecule has 0 spiro atoms. The molecule has 0 unspecified atom stereocenters. The third-order valence-corrected chi connectivity index (χ3v) is 6.74. The molecule has 0 saturated carbocycles. The van der Waals surface area contributed by atoms with Gasteiger partial charge in [0, 0.05) is 24.8 Å². The standard InChI is InChI=1S/C24H28N4O3S/c1-24(2)21(26-27-23(29)32-24)16-8-10-18-15(13-16)7-6-12-28(18)22(25-3)17-9-11-19(30-4)20(14-17)31-5/h8-11,13-14H,6-7,12H2,1-5H3,(H,27,29). The van der Waals surface area contributed by atoms with Crippen molar-refractivity contribution in [3.8, 4) is 11.5 Å². The van der Waals surface area contributed by atoms with Crippen LogP contribution in [0.4, 0.5) is 10.5 Å². The summed E-state index contributed by atoms with van der Waals surface area (Å²) in [4.78, 5) is 18.7. The van der Waals surface area contributed by atoms with E-state index < -0.39 is 0 Å². The van der Waals surface area contributed by atoms with Gasteiger partial charge in [0.05, 0.1) is 24.7 Å². The van der Waals surface area contributed by atoms with Gasteiger partial charge in [-0.2, -0.15) is 5.10 Å². The predicted molar refractivity (Wildman–Crippen MR) is 131 cm³/mol. The lowest BCUT2D eigenvalue weighted by Gasteiger charge is -2.34. The van der Waals surface area contributed by atoms with E-state index in [1.54, 1.807) is 14.2 Å². The Morgan fingerprint density at radius 1 is 1.16 bits per heavy atom. The Balaban J connectivity index is 1.70. The molecule has 0 atom stereocenters. The lowest BCUT2D eigenvalue weighted by Crippen LogP contribution is -2.39. The first kappa shape index (κ1) is 22.2. The smallest absolute Gasteiger partial charge is 0.300 e. The summed E-state index contributed by atoms with van der Waals surface area (Å²) >= 11 is 1.26. The first-order chi connectivity index (χ1) is 15.4. The van der Waals surface area contributed by atoms with Gasteiger partial charge in [-0.1, -0.05) is 17.8 Å². The molecule has 2 aliphatic rings. The molecule has 0 aromatic heterocycles. The van der Waals surface area contributed by atoms with Crippen molar-refractivity contribution >= 4 is 34.2 Å². The lowest BCUT2D eigenvalue weighted by atomic mass is 9.93. The minimum absolute atomic E-state index is 0.124. The molecule has 0 bridgehead atoms. The molecule has 1 amide bonds. The van der Waals surface area contributed by atoms with Crippen LogP contribution in [-0.4, -0.2) is 49.3 Å². The largest absolute Gasteiger partial charge is 0.493 e. The van der Waals surface area contributed by atoms with Crippen LogP contribution in [0.1, 0.15) is 37.0 Å². The molecule has 8 heteroatoms. The number of hydrogen-bond acceptors (Lipinski definition) is 6. The third kappa shape index (κ3) is 4.07. The number of aryl methyl sites for hydroxylation is 1. The van der Waals surface area contributed by atoms with Crippen molar-refractivity contribution in [3.05, 3.63) is 53.1 Å². The Morgan fingerprint density at radius 2 is 1.94 bits per heavy atom. The summed E-state index contributed by atoms with van der Waals surface area (Å²) in [6.45, 7) is 4.94. The van der Waals surface area contributed by atoms with Gasteiger partial charge in [-0.15, -0.1) is 0 Å². The number of amidine groups is 1. The molecule has 168 valence electrons. The molecule has 2 heterocycles. The van der Waals surface area contributed by atoms with Gasteiger partial charge in [0.2, 0.25) is 0 Å². The molecule has 7 nitrogen and oxygen atoms in total. The van der Waals surface area contributed by atoms with Crippen LogP contribution in [0, 0.1) is 0 Å². The summed E-state index contributed by atoms with van der Waals surface area (Å²) < 4.78 is 10.5. The number of ether oxygens (including phenoxy) is 2. The summed E-state index contributed by atoms with van der Waals surface area (Å²) in [7, 11) is 5.08. The van der Waals surface area contributed by atoms with Gasteiger partial charge in [-0.3, -0.25) is 9.79 Å². The molecule has 0 saturated heterocycles. The van der Waals surface area contributed by atoms with Gasteiger partial charge < -0.3 is 14.4 Å². The summed E-state index contributed by atoms with van der Waals surface area (Å²) in [5.41, 5.74) is 7.87. The molecule has 2 aromatic rings. The summed E-state index contributed by atoms with van der Waals surface area (Å²) in [5.74, 6) is 2.25. The monoisotopic (exact) mass is 452 g/mol. The van der Waals surface area contributed by atoms with E-state index in [0.717, 1.165) is 47.7 Å². The Morgan fingerprint density at radius 3 is 2.62 bits per heavy atom. The van der Waals surface area contributed by atoms with E-state index >= 15 is 0 Å². The first-order valence-corrected chi connectivity index (χ1v) is 11.4. The molecule has 32 heavy (non-hydrogen) atoms.